The molecule has 0 saturated heterocycles. The van der Waals surface area contributed by atoms with Gasteiger partial charge in [-0.2, -0.15) is 10.2 Å². The van der Waals surface area contributed by atoms with Crippen LogP contribution in [0.1, 0.15) is 24.2 Å². The molecule has 1 N–H and O–H groups in total. The Morgan fingerprint density at radius 3 is 2.85 bits per heavy atom. The zero-order valence-electron chi connectivity index (χ0n) is 7.82. The normalized spacial score (nSPS) is 10.1. The standard InChI is InChI=1S/C9H13N3O/c1-7(2)5-10-9(13)8-3-4-11-12-6-8/h3-4,6-7H,5H2,1-2H3,(H,10,13). The van der Waals surface area contributed by atoms with E-state index in [0.29, 0.717) is 18.0 Å². The van der Waals surface area contributed by atoms with E-state index >= 15 is 0 Å². The fraction of sp³-hybridized carbons (Fsp3) is 0.444. The summed E-state index contributed by atoms with van der Waals surface area (Å²) in [5.74, 6) is 0.363. The van der Waals surface area contributed by atoms with Crippen LogP contribution in [-0.2, 0) is 0 Å². The first-order valence-electron chi connectivity index (χ1n) is 4.25. The molecule has 0 spiro atoms. The first-order chi connectivity index (χ1) is 6.20. The van der Waals surface area contributed by atoms with E-state index in [2.05, 4.69) is 15.5 Å². The largest absolute Gasteiger partial charge is 0.352 e. The Hall–Kier alpha value is -1.45. The highest BCUT2D eigenvalue weighted by Crippen LogP contribution is 1.94. The van der Waals surface area contributed by atoms with Crippen molar-refractivity contribution < 1.29 is 4.79 Å². The quantitative estimate of drug-likeness (QED) is 0.748. The predicted molar refractivity (Wildman–Crippen MR) is 49.2 cm³/mol. The van der Waals surface area contributed by atoms with Crippen molar-refractivity contribution in [3.8, 4) is 0 Å². The first kappa shape index (κ1) is 9.64. The Bertz CT molecular complexity index is 271. The Morgan fingerprint density at radius 2 is 2.31 bits per heavy atom. The molecular weight excluding hydrogens is 166 g/mol. The molecule has 70 valence electrons. The monoisotopic (exact) mass is 179 g/mol. The first-order valence-corrected chi connectivity index (χ1v) is 4.25. The molecule has 1 amide bonds. The van der Waals surface area contributed by atoms with Crippen LogP contribution in [0, 0.1) is 5.92 Å². The van der Waals surface area contributed by atoms with E-state index in [4.69, 9.17) is 0 Å². The molecule has 0 atom stereocenters. The number of aromatic nitrogens is 2. The second kappa shape index (κ2) is 4.54. The van der Waals surface area contributed by atoms with E-state index in [0.717, 1.165) is 0 Å². The van der Waals surface area contributed by atoms with Gasteiger partial charge in [0.05, 0.1) is 18.0 Å². The van der Waals surface area contributed by atoms with E-state index in [1.54, 1.807) is 6.07 Å². The van der Waals surface area contributed by atoms with Gasteiger partial charge >= 0.3 is 0 Å². The molecule has 0 fully saturated rings. The maximum absolute atomic E-state index is 11.4. The Kier molecular flexibility index (Phi) is 3.37. The number of nitrogens with zero attached hydrogens (tertiary/aromatic N) is 2. The maximum Gasteiger partial charge on any atom is 0.252 e. The van der Waals surface area contributed by atoms with Crippen LogP contribution in [0.15, 0.2) is 18.5 Å². The van der Waals surface area contributed by atoms with Crippen LogP contribution in [0.2, 0.25) is 0 Å². The van der Waals surface area contributed by atoms with Crippen LogP contribution in [0.5, 0.6) is 0 Å². The summed E-state index contributed by atoms with van der Waals surface area (Å²) in [4.78, 5) is 11.4. The Morgan fingerprint density at radius 1 is 1.54 bits per heavy atom. The number of amides is 1. The van der Waals surface area contributed by atoms with Crippen LogP contribution in [0.25, 0.3) is 0 Å². The molecule has 0 unspecified atom stereocenters. The second-order valence-corrected chi connectivity index (χ2v) is 3.23. The summed E-state index contributed by atoms with van der Waals surface area (Å²) in [5, 5.41) is 10.0. The average Bonchev–Trinajstić information content (AvgIpc) is 2.15. The van der Waals surface area contributed by atoms with Crippen molar-refractivity contribution in [3.63, 3.8) is 0 Å². The van der Waals surface area contributed by atoms with E-state index in [1.807, 2.05) is 13.8 Å². The minimum Gasteiger partial charge on any atom is -0.352 e. The van der Waals surface area contributed by atoms with Gasteiger partial charge in [0.2, 0.25) is 0 Å². The van der Waals surface area contributed by atoms with Crippen molar-refractivity contribution in [3.05, 3.63) is 24.0 Å². The van der Waals surface area contributed by atoms with Crippen molar-refractivity contribution in [2.45, 2.75) is 13.8 Å². The van der Waals surface area contributed by atoms with Gasteiger partial charge in [0.1, 0.15) is 0 Å². The molecule has 0 aliphatic heterocycles. The zero-order chi connectivity index (χ0) is 9.68. The van der Waals surface area contributed by atoms with E-state index < -0.39 is 0 Å². The minimum absolute atomic E-state index is 0.0939. The van der Waals surface area contributed by atoms with E-state index in [-0.39, 0.29) is 5.91 Å². The second-order valence-electron chi connectivity index (χ2n) is 3.23. The molecule has 0 aromatic carbocycles. The molecule has 4 heteroatoms. The molecule has 0 aliphatic carbocycles. The van der Waals surface area contributed by atoms with Crippen molar-refractivity contribution in [1.82, 2.24) is 15.5 Å². The molecule has 13 heavy (non-hydrogen) atoms. The molecule has 1 aromatic heterocycles. The molecule has 0 bridgehead atoms. The van der Waals surface area contributed by atoms with Crippen molar-refractivity contribution >= 4 is 5.91 Å². The van der Waals surface area contributed by atoms with Crippen LogP contribution >= 0.6 is 0 Å². The highest BCUT2D eigenvalue weighted by atomic mass is 16.1. The van der Waals surface area contributed by atoms with E-state index in [9.17, 15) is 4.79 Å². The topological polar surface area (TPSA) is 54.9 Å². The maximum atomic E-state index is 11.4. The smallest absolute Gasteiger partial charge is 0.252 e. The molecule has 0 aliphatic rings. The lowest BCUT2D eigenvalue weighted by atomic mass is 10.2. The van der Waals surface area contributed by atoms with Gasteiger partial charge in [-0.1, -0.05) is 13.8 Å². The van der Waals surface area contributed by atoms with Gasteiger partial charge in [0, 0.05) is 6.54 Å². The zero-order valence-corrected chi connectivity index (χ0v) is 7.82. The lowest BCUT2D eigenvalue weighted by Crippen LogP contribution is -2.27. The van der Waals surface area contributed by atoms with Crippen molar-refractivity contribution in [2.75, 3.05) is 6.54 Å². The number of nitrogens with one attached hydrogen (secondary N) is 1. The van der Waals surface area contributed by atoms with Gasteiger partial charge in [-0.25, -0.2) is 0 Å². The summed E-state index contributed by atoms with van der Waals surface area (Å²) < 4.78 is 0. The third kappa shape index (κ3) is 3.19. The molecule has 0 radical (unpaired) electrons. The lowest BCUT2D eigenvalue weighted by Gasteiger charge is -2.06. The van der Waals surface area contributed by atoms with Crippen LogP contribution < -0.4 is 5.32 Å². The van der Waals surface area contributed by atoms with Gasteiger partial charge in [-0.3, -0.25) is 4.79 Å². The van der Waals surface area contributed by atoms with Gasteiger partial charge < -0.3 is 5.32 Å². The fourth-order valence-electron chi connectivity index (χ4n) is 0.824. The van der Waals surface area contributed by atoms with Gasteiger partial charge in [-0.05, 0) is 12.0 Å². The van der Waals surface area contributed by atoms with E-state index in [1.165, 1.54) is 12.4 Å². The van der Waals surface area contributed by atoms with Crippen molar-refractivity contribution in [1.29, 1.82) is 0 Å². The number of hydrogen-bond acceptors (Lipinski definition) is 3. The average molecular weight is 179 g/mol. The molecule has 4 nitrogen and oxygen atoms in total. The summed E-state index contributed by atoms with van der Waals surface area (Å²) in [5.41, 5.74) is 0.552. The molecule has 1 heterocycles. The third-order valence-electron chi connectivity index (χ3n) is 1.52. The summed E-state index contributed by atoms with van der Waals surface area (Å²) in [6.45, 7) is 4.78. The summed E-state index contributed by atoms with van der Waals surface area (Å²) in [6, 6.07) is 1.64. The number of rotatable bonds is 3. The molecule has 0 saturated carbocycles. The highest BCUT2D eigenvalue weighted by Gasteiger charge is 2.04. The van der Waals surface area contributed by atoms with Crippen LogP contribution in [0.4, 0.5) is 0 Å². The van der Waals surface area contributed by atoms with Gasteiger partial charge in [-0.15, -0.1) is 0 Å². The highest BCUT2D eigenvalue weighted by molar-refractivity contribution is 5.93. The summed E-state index contributed by atoms with van der Waals surface area (Å²) >= 11 is 0. The Balaban J connectivity index is 2.50. The third-order valence-corrected chi connectivity index (χ3v) is 1.52. The SMILES string of the molecule is CC(C)CNC(=O)c1ccnnc1. The Labute approximate surface area is 77.4 Å². The predicted octanol–water partition coefficient (Wildman–Crippen LogP) is 0.862. The molecule has 1 aromatic rings. The van der Waals surface area contributed by atoms with Crippen molar-refractivity contribution in [2.24, 2.45) is 5.92 Å². The lowest BCUT2D eigenvalue weighted by molar-refractivity contribution is 0.0948. The molecule has 1 rings (SSSR count). The minimum atomic E-state index is -0.0939. The van der Waals surface area contributed by atoms with Crippen LogP contribution in [0.3, 0.4) is 0 Å². The van der Waals surface area contributed by atoms with Crippen LogP contribution in [-0.4, -0.2) is 22.6 Å². The molecular formula is C9H13N3O. The number of carbonyl (C=O) groups excluding carboxylic acids is 1. The number of carbonyl (C=O) groups is 1. The fourth-order valence-corrected chi connectivity index (χ4v) is 0.824. The summed E-state index contributed by atoms with van der Waals surface area (Å²) in [6.07, 6.45) is 2.96. The van der Waals surface area contributed by atoms with Gasteiger partial charge in [0.15, 0.2) is 0 Å². The van der Waals surface area contributed by atoms with Gasteiger partial charge in [0.25, 0.3) is 5.91 Å². The summed E-state index contributed by atoms with van der Waals surface area (Å²) in [7, 11) is 0. The number of hydrogen-bond donors (Lipinski definition) is 1.